The summed E-state index contributed by atoms with van der Waals surface area (Å²) < 4.78 is 13.0. The summed E-state index contributed by atoms with van der Waals surface area (Å²) >= 11 is 0. The molecule has 6 heteroatoms. The monoisotopic (exact) mass is 225 g/mol. The molecule has 0 unspecified atom stereocenters. The highest BCUT2D eigenvalue weighted by molar-refractivity contribution is 5.75. The largest absolute Gasteiger partial charge is 0.507 e. The summed E-state index contributed by atoms with van der Waals surface area (Å²) in [6, 6.07) is 2.71. The average molecular weight is 225 g/mol. The third kappa shape index (κ3) is 2.88. The predicted octanol–water partition coefficient (Wildman–Crippen LogP) is 1.06. The van der Waals surface area contributed by atoms with E-state index in [2.05, 4.69) is 10.9 Å². The number of halogens is 1. The second-order valence-corrected chi connectivity index (χ2v) is 2.98. The zero-order valence-electron chi connectivity index (χ0n) is 8.62. The Morgan fingerprint density at radius 3 is 2.75 bits per heavy atom. The van der Waals surface area contributed by atoms with Crippen molar-refractivity contribution < 1.29 is 14.3 Å². The Hall–Kier alpha value is -2.24. The lowest BCUT2D eigenvalue weighted by molar-refractivity contribution is 0.247. The lowest BCUT2D eigenvalue weighted by Crippen LogP contribution is -2.39. The van der Waals surface area contributed by atoms with Gasteiger partial charge in [0.1, 0.15) is 11.6 Å². The first-order chi connectivity index (χ1) is 7.54. The first kappa shape index (κ1) is 11.8. The molecule has 0 heterocycles. The highest BCUT2D eigenvalue weighted by atomic mass is 19.1. The molecule has 1 aromatic carbocycles. The van der Waals surface area contributed by atoms with E-state index in [4.69, 9.17) is 5.73 Å². The number of amides is 2. The molecule has 0 aromatic heterocycles. The summed E-state index contributed by atoms with van der Waals surface area (Å²) in [5, 5.41) is 9.51. The van der Waals surface area contributed by atoms with Crippen molar-refractivity contribution >= 4 is 11.7 Å². The molecule has 0 atom stereocenters. The summed E-state index contributed by atoms with van der Waals surface area (Å²) in [5.41, 5.74) is 10.0. The molecule has 0 saturated heterocycles. The van der Waals surface area contributed by atoms with Crippen LogP contribution in [0.3, 0.4) is 0 Å². The Morgan fingerprint density at radius 1 is 1.50 bits per heavy atom. The number of carbonyl (C=O) groups is 1. The summed E-state index contributed by atoms with van der Waals surface area (Å²) in [7, 11) is 0. The quantitative estimate of drug-likeness (QED) is 0.580. The maximum Gasteiger partial charge on any atom is 0.330 e. The van der Waals surface area contributed by atoms with Crippen LogP contribution in [0.2, 0.25) is 0 Å². The highest BCUT2D eigenvalue weighted by Crippen LogP contribution is 2.23. The highest BCUT2D eigenvalue weighted by Gasteiger charge is 2.08. The second kappa shape index (κ2) is 5.01. The van der Waals surface area contributed by atoms with Gasteiger partial charge in [-0.25, -0.2) is 9.18 Å². The topological polar surface area (TPSA) is 87.4 Å². The van der Waals surface area contributed by atoms with Crippen molar-refractivity contribution in [1.29, 1.82) is 0 Å². The van der Waals surface area contributed by atoms with E-state index in [-0.39, 0.29) is 11.3 Å². The average Bonchev–Trinajstić information content (AvgIpc) is 2.23. The number of nitrogens with one attached hydrogen (secondary N) is 2. The number of carbonyl (C=O) groups excluding carboxylic acids is 1. The Balaban J connectivity index is 2.95. The van der Waals surface area contributed by atoms with Crippen LogP contribution in [0.4, 0.5) is 9.18 Å². The number of benzene rings is 1. The molecule has 0 bridgehead atoms. The van der Waals surface area contributed by atoms with Gasteiger partial charge < -0.3 is 10.8 Å². The van der Waals surface area contributed by atoms with Crippen LogP contribution < -0.4 is 16.6 Å². The molecule has 0 saturated carbocycles. The third-order valence-corrected chi connectivity index (χ3v) is 1.86. The number of rotatable bonds is 3. The van der Waals surface area contributed by atoms with Gasteiger partial charge in [0.05, 0.1) is 5.70 Å². The van der Waals surface area contributed by atoms with E-state index in [1.54, 1.807) is 13.0 Å². The summed E-state index contributed by atoms with van der Waals surface area (Å²) in [5.74, 6) is -0.596. The maximum atomic E-state index is 13.0. The number of allylic oxidation sites excluding steroid dienone is 1. The first-order valence-corrected chi connectivity index (χ1v) is 4.51. The molecule has 5 N–H and O–H groups in total. The summed E-state index contributed by atoms with van der Waals surface area (Å²) in [6.07, 6.45) is 1.56. The third-order valence-electron chi connectivity index (χ3n) is 1.86. The minimum atomic E-state index is -0.782. The van der Waals surface area contributed by atoms with Gasteiger partial charge in [0.25, 0.3) is 0 Å². The van der Waals surface area contributed by atoms with Crippen molar-refractivity contribution in [3.63, 3.8) is 0 Å². The zero-order chi connectivity index (χ0) is 12.1. The number of urea groups is 1. The van der Waals surface area contributed by atoms with Crippen LogP contribution in [-0.2, 0) is 0 Å². The van der Waals surface area contributed by atoms with Crippen LogP contribution in [0.5, 0.6) is 5.75 Å². The maximum absolute atomic E-state index is 13.0. The van der Waals surface area contributed by atoms with E-state index < -0.39 is 11.8 Å². The number of phenols is 1. The normalized spacial score (nSPS) is 11.0. The van der Waals surface area contributed by atoms with Crippen LogP contribution in [0, 0.1) is 5.82 Å². The number of hydrogen-bond donors (Lipinski definition) is 4. The van der Waals surface area contributed by atoms with Crippen molar-refractivity contribution in [1.82, 2.24) is 10.9 Å². The molecule has 5 nitrogen and oxygen atoms in total. The smallest absolute Gasteiger partial charge is 0.330 e. The number of primary amides is 1. The van der Waals surface area contributed by atoms with E-state index >= 15 is 0 Å². The molecule has 2 amide bonds. The fraction of sp³-hybridized carbons (Fsp3) is 0.100. The van der Waals surface area contributed by atoms with Gasteiger partial charge >= 0.3 is 6.03 Å². The van der Waals surface area contributed by atoms with Gasteiger partial charge in [-0.3, -0.25) is 10.9 Å². The van der Waals surface area contributed by atoms with E-state index in [0.29, 0.717) is 5.70 Å². The van der Waals surface area contributed by atoms with Crippen LogP contribution in [0.25, 0.3) is 5.70 Å². The van der Waals surface area contributed by atoms with E-state index in [1.807, 2.05) is 0 Å². The van der Waals surface area contributed by atoms with Crippen LogP contribution in [0.1, 0.15) is 12.5 Å². The number of aromatic hydroxyl groups is 1. The SMILES string of the molecule is C/C=C(/NNC(N)=O)c1cc(F)ccc1O. The minimum absolute atomic E-state index is 0.103. The van der Waals surface area contributed by atoms with E-state index in [9.17, 15) is 14.3 Å². The van der Waals surface area contributed by atoms with Crippen LogP contribution >= 0.6 is 0 Å². The van der Waals surface area contributed by atoms with Gasteiger partial charge in [-0.2, -0.15) is 0 Å². The molecule has 1 aromatic rings. The summed E-state index contributed by atoms with van der Waals surface area (Å²) in [4.78, 5) is 10.5. The molecule has 86 valence electrons. The minimum Gasteiger partial charge on any atom is -0.507 e. The van der Waals surface area contributed by atoms with E-state index in [0.717, 1.165) is 12.1 Å². The van der Waals surface area contributed by atoms with Crippen molar-refractivity contribution in [3.8, 4) is 5.75 Å². The van der Waals surface area contributed by atoms with Crippen LogP contribution in [0.15, 0.2) is 24.3 Å². The number of nitrogens with two attached hydrogens (primary N) is 1. The molecule has 0 aliphatic carbocycles. The lowest BCUT2D eigenvalue weighted by atomic mass is 10.1. The van der Waals surface area contributed by atoms with Crippen molar-refractivity contribution in [2.45, 2.75) is 6.92 Å². The molecular formula is C10H12FN3O2. The fourth-order valence-corrected chi connectivity index (χ4v) is 1.15. The van der Waals surface area contributed by atoms with E-state index in [1.165, 1.54) is 6.07 Å². The number of hydrazine groups is 1. The number of hydrogen-bond acceptors (Lipinski definition) is 3. The molecular weight excluding hydrogens is 213 g/mol. The predicted molar refractivity (Wildman–Crippen MR) is 57.6 cm³/mol. The number of phenolic OH excluding ortho intramolecular Hbond substituents is 1. The standard InChI is InChI=1S/C10H12FN3O2/c1-2-8(13-14-10(12)16)7-5-6(11)3-4-9(7)15/h2-5,13,15H,1H3,(H3,12,14,16)/b8-2+. The molecule has 1 rings (SSSR count). The molecule has 0 radical (unpaired) electrons. The molecule has 0 fully saturated rings. The van der Waals surface area contributed by atoms with Gasteiger partial charge in [0.2, 0.25) is 0 Å². The molecule has 0 spiro atoms. The first-order valence-electron chi connectivity index (χ1n) is 4.51. The van der Waals surface area contributed by atoms with Crippen molar-refractivity contribution in [2.75, 3.05) is 0 Å². The van der Waals surface area contributed by atoms with Crippen molar-refractivity contribution in [2.24, 2.45) is 5.73 Å². The molecule has 16 heavy (non-hydrogen) atoms. The van der Waals surface area contributed by atoms with Gasteiger partial charge in [-0.15, -0.1) is 0 Å². The fourth-order valence-electron chi connectivity index (χ4n) is 1.15. The van der Waals surface area contributed by atoms with Gasteiger partial charge in [0.15, 0.2) is 0 Å². The van der Waals surface area contributed by atoms with Gasteiger partial charge in [-0.05, 0) is 25.1 Å². The Morgan fingerprint density at radius 2 is 2.19 bits per heavy atom. The van der Waals surface area contributed by atoms with Crippen LogP contribution in [-0.4, -0.2) is 11.1 Å². The Kier molecular flexibility index (Phi) is 3.71. The lowest BCUT2D eigenvalue weighted by Gasteiger charge is -2.12. The summed E-state index contributed by atoms with van der Waals surface area (Å²) in [6.45, 7) is 1.66. The Labute approximate surface area is 91.7 Å². The van der Waals surface area contributed by atoms with Gasteiger partial charge in [0, 0.05) is 5.56 Å². The second-order valence-electron chi connectivity index (χ2n) is 2.98. The Bertz CT molecular complexity index is 432. The van der Waals surface area contributed by atoms with Crippen molar-refractivity contribution in [3.05, 3.63) is 35.7 Å². The van der Waals surface area contributed by atoms with Gasteiger partial charge in [-0.1, -0.05) is 6.08 Å². The molecule has 0 aliphatic rings. The molecule has 0 aliphatic heterocycles. The zero-order valence-corrected chi connectivity index (χ0v) is 8.62.